The van der Waals surface area contributed by atoms with Gasteiger partial charge in [-0.25, -0.2) is 0 Å². The second-order valence-electron chi connectivity index (χ2n) is 4.66. The Hall–Kier alpha value is -1.55. The fourth-order valence-corrected chi connectivity index (χ4v) is 2.16. The van der Waals surface area contributed by atoms with Gasteiger partial charge in [-0.2, -0.15) is 0 Å². The molecule has 1 fully saturated rings. The van der Waals surface area contributed by atoms with Crippen LogP contribution in [0, 0.1) is 13.8 Å². The number of carbonyl (C=O) groups is 1. The Labute approximate surface area is 101 Å². The fraction of sp³-hybridized carbons (Fsp3) is 0.462. The summed E-state index contributed by atoms with van der Waals surface area (Å²) in [6, 6.07) is 4.16. The van der Waals surface area contributed by atoms with E-state index in [4.69, 9.17) is 0 Å². The molecule has 1 aromatic carbocycles. The minimum Gasteiger partial charge on any atom is -0.507 e. The van der Waals surface area contributed by atoms with Crippen LogP contribution in [-0.2, 0) is 11.3 Å². The Morgan fingerprint density at radius 3 is 2.59 bits per heavy atom. The van der Waals surface area contributed by atoms with Crippen LogP contribution >= 0.6 is 0 Å². The third-order valence-corrected chi connectivity index (χ3v) is 3.12. The second kappa shape index (κ2) is 4.75. The van der Waals surface area contributed by atoms with Gasteiger partial charge in [-0.1, -0.05) is 12.1 Å². The predicted molar refractivity (Wildman–Crippen MR) is 65.8 cm³/mol. The molecule has 92 valence electrons. The van der Waals surface area contributed by atoms with E-state index in [1.165, 1.54) is 0 Å². The van der Waals surface area contributed by atoms with Gasteiger partial charge >= 0.3 is 0 Å². The third kappa shape index (κ3) is 2.77. The zero-order valence-electron chi connectivity index (χ0n) is 10.2. The summed E-state index contributed by atoms with van der Waals surface area (Å²) >= 11 is 0. The molecule has 0 bridgehead atoms. The maximum Gasteiger partial charge on any atom is 0.221 e. The maximum absolute atomic E-state index is 11.0. The minimum absolute atomic E-state index is 0.112. The summed E-state index contributed by atoms with van der Waals surface area (Å²) in [5.41, 5.74) is 2.92. The molecule has 2 rings (SSSR count). The third-order valence-electron chi connectivity index (χ3n) is 3.12. The molecule has 0 spiro atoms. The van der Waals surface area contributed by atoms with Crippen molar-refractivity contribution in [3.8, 4) is 5.75 Å². The van der Waals surface area contributed by atoms with E-state index in [2.05, 4.69) is 10.6 Å². The van der Waals surface area contributed by atoms with Crippen molar-refractivity contribution in [2.75, 3.05) is 6.54 Å². The van der Waals surface area contributed by atoms with Gasteiger partial charge in [0.05, 0.1) is 0 Å². The van der Waals surface area contributed by atoms with Crippen molar-refractivity contribution in [1.29, 1.82) is 0 Å². The highest BCUT2D eigenvalue weighted by atomic mass is 16.3. The van der Waals surface area contributed by atoms with Gasteiger partial charge < -0.3 is 15.7 Å². The largest absolute Gasteiger partial charge is 0.507 e. The van der Waals surface area contributed by atoms with E-state index in [9.17, 15) is 9.90 Å². The van der Waals surface area contributed by atoms with E-state index in [0.29, 0.717) is 18.7 Å². The molecular formula is C13H18N2O2. The van der Waals surface area contributed by atoms with E-state index in [0.717, 1.165) is 23.2 Å². The lowest BCUT2D eigenvalue weighted by Crippen LogP contribution is -2.30. The second-order valence-corrected chi connectivity index (χ2v) is 4.66. The monoisotopic (exact) mass is 234 g/mol. The summed E-state index contributed by atoms with van der Waals surface area (Å²) in [5, 5.41) is 15.8. The molecule has 0 aliphatic carbocycles. The molecule has 1 heterocycles. The predicted octanol–water partition coefficient (Wildman–Crippen LogP) is 0.987. The summed E-state index contributed by atoms with van der Waals surface area (Å²) < 4.78 is 0. The Morgan fingerprint density at radius 2 is 2.06 bits per heavy atom. The van der Waals surface area contributed by atoms with Gasteiger partial charge in [0, 0.05) is 25.6 Å². The average molecular weight is 234 g/mol. The van der Waals surface area contributed by atoms with Gasteiger partial charge in [0.25, 0.3) is 0 Å². The number of aryl methyl sites for hydroxylation is 2. The van der Waals surface area contributed by atoms with E-state index in [1.54, 1.807) is 0 Å². The van der Waals surface area contributed by atoms with E-state index >= 15 is 0 Å². The normalized spacial score (nSPS) is 19.4. The van der Waals surface area contributed by atoms with Crippen LogP contribution in [0.4, 0.5) is 0 Å². The van der Waals surface area contributed by atoms with E-state index < -0.39 is 0 Å². The summed E-state index contributed by atoms with van der Waals surface area (Å²) in [5.74, 6) is 0.479. The molecule has 17 heavy (non-hydrogen) atoms. The number of aromatic hydroxyl groups is 1. The first kappa shape index (κ1) is 11.9. The van der Waals surface area contributed by atoms with Crippen molar-refractivity contribution in [1.82, 2.24) is 10.6 Å². The Kier molecular flexibility index (Phi) is 3.33. The van der Waals surface area contributed by atoms with E-state index in [-0.39, 0.29) is 11.9 Å². The Balaban J connectivity index is 1.97. The SMILES string of the molecule is Cc1cc(CNC2CNC(=O)C2)cc(C)c1O. The number of hydrogen-bond donors (Lipinski definition) is 3. The van der Waals surface area contributed by atoms with Crippen molar-refractivity contribution >= 4 is 5.91 Å². The molecule has 1 aromatic rings. The molecule has 1 unspecified atom stereocenters. The van der Waals surface area contributed by atoms with Crippen molar-refractivity contribution in [2.24, 2.45) is 0 Å². The molecule has 0 aromatic heterocycles. The van der Waals surface area contributed by atoms with Gasteiger partial charge in [0.2, 0.25) is 5.91 Å². The van der Waals surface area contributed by atoms with Crippen molar-refractivity contribution in [3.05, 3.63) is 28.8 Å². The van der Waals surface area contributed by atoms with Gasteiger partial charge in [-0.3, -0.25) is 4.79 Å². The van der Waals surface area contributed by atoms with Crippen molar-refractivity contribution < 1.29 is 9.90 Å². The highest BCUT2D eigenvalue weighted by Gasteiger charge is 2.20. The van der Waals surface area contributed by atoms with Crippen LogP contribution in [0.25, 0.3) is 0 Å². The molecule has 1 atom stereocenters. The maximum atomic E-state index is 11.0. The molecule has 0 saturated carbocycles. The quantitative estimate of drug-likeness (QED) is 0.731. The standard InChI is InChI=1S/C13H18N2O2/c1-8-3-10(4-9(2)13(8)17)6-14-11-5-12(16)15-7-11/h3-4,11,14,17H,5-7H2,1-2H3,(H,15,16). The molecule has 4 heteroatoms. The lowest BCUT2D eigenvalue weighted by atomic mass is 10.1. The molecule has 1 amide bonds. The molecular weight excluding hydrogens is 216 g/mol. The number of benzene rings is 1. The first-order valence-electron chi connectivity index (χ1n) is 5.85. The molecule has 1 aliphatic rings. The summed E-state index contributed by atoms with van der Waals surface area (Å²) in [4.78, 5) is 11.0. The first-order chi connectivity index (χ1) is 8.06. The van der Waals surface area contributed by atoms with Gasteiger partial charge in [-0.05, 0) is 30.5 Å². The van der Waals surface area contributed by atoms with Crippen LogP contribution in [-0.4, -0.2) is 23.6 Å². The van der Waals surface area contributed by atoms with Crippen LogP contribution < -0.4 is 10.6 Å². The highest BCUT2D eigenvalue weighted by Crippen LogP contribution is 2.22. The Bertz CT molecular complexity index is 420. The topological polar surface area (TPSA) is 61.4 Å². The van der Waals surface area contributed by atoms with Gasteiger partial charge in [0.15, 0.2) is 0 Å². The first-order valence-corrected chi connectivity index (χ1v) is 5.85. The number of hydrogen-bond acceptors (Lipinski definition) is 3. The fourth-order valence-electron chi connectivity index (χ4n) is 2.16. The van der Waals surface area contributed by atoms with E-state index in [1.807, 2.05) is 26.0 Å². The molecule has 1 aliphatic heterocycles. The number of nitrogens with one attached hydrogen (secondary N) is 2. The number of carbonyl (C=O) groups excluding carboxylic acids is 1. The summed E-state index contributed by atoms with van der Waals surface area (Å²) in [6.07, 6.45) is 0.552. The summed E-state index contributed by atoms with van der Waals surface area (Å²) in [7, 11) is 0. The summed E-state index contributed by atoms with van der Waals surface area (Å²) in [6.45, 7) is 5.22. The van der Waals surface area contributed by atoms with Crippen molar-refractivity contribution in [3.63, 3.8) is 0 Å². The van der Waals surface area contributed by atoms with Gasteiger partial charge in [0.1, 0.15) is 5.75 Å². The van der Waals surface area contributed by atoms with Crippen molar-refractivity contribution in [2.45, 2.75) is 32.9 Å². The molecule has 4 nitrogen and oxygen atoms in total. The lowest BCUT2D eigenvalue weighted by Gasteiger charge is -2.12. The average Bonchev–Trinajstić information content (AvgIpc) is 2.69. The molecule has 3 N–H and O–H groups in total. The number of amides is 1. The van der Waals surface area contributed by atoms with Crippen LogP contribution in [0.3, 0.4) is 0 Å². The number of rotatable bonds is 3. The van der Waals surface area contributed by atoms with Crippen LogP contribution in [0.5, 0.6) is 5.75 Å². The van der Waals surface area contributed by atoms with Crippen LogP contribution in [0.15, 0.2) is 12.1 Å². The van der Waals surface area contributed by atoms with Crippen LogP contribution in [0.2, 0.25) is 0 Å². The zero-order valence-corrected chi connectivity index (χ0v) is 10.2. The molecule has 1 saturated heterocycles. The number of phenols is 1. The molecule has 0 radical (unpaired) electrons. The smallest absolute Gasteiger partial charge is 0.221 e. The zero-order chi connectivity index (χ0) is 12.4. The number of phenolic OH excluding ortho intramolecular Hbond substituents is 1. The Morgan fingerprint density at radius 1 is 1.41 bits per heavy atom. The lowest BCUT2D eigenvalue weighted by molar-refractivity contribution is -0.119. The highest BCUT2D eigenvalue weighted by molar-refractivity contribution is 5.78. The van der Waals surface area contributed by atoms with Crippen LogP contribution in [0.1, 0.15) is 23.1 Å². The minimum atomic E-state index is 0.112. The van der Waals surface area contributed by atoms with Gasteiger partial charge in [-0.15, -0.1) is 0 Å².